The van der Waals surface area contributed by atoms with Crippen molar-refractivity contribution in [3.63, 3.8) is 0 Å². The summed E-state index contributed by atoms with van der Waals surface area (Å²) < 4.78 is 0. The maximum absolute atomic E-state index is 6.06. The summed E-state index contributed by atoms with van der Waals surface area (Å²) in [4.78, 5) is 5.40. The molecule has 1 aliphatic rings. The van der Waals surface area contributed by atoms with Crippen LogP contribution in [0.4, 0.5) is 5.69 Å². The highest BCUT2D eigenvalue weighted by atomic mass is 32.1. The molecule has 19 heavy (non-hydrogen) atoms. The van der Waals surface area contributed by atoms with Gasteiger partial charge in [-0.1, -0.05) is 12.1 Å². The fraction of sp³-hybridized carbons (Fsp3) is 0.375. The number of thiophene rings is 1. The zero-order valence-electron chi connectivity index (χ0n) is 11.5. The summed E-state index contributed by atoms with van der Waals surface area (Å²) in [7, 11) is 0. The molecule has 1 atom stereocenters. The maximum Gasteiger partial charge on any atom is 0.0417 e. The van der Waals surface area contributed by atoms with Gasteiger partial charge in [-0.3, -0.25) is 4.90 Å². The van der Waals surface area contributed by atoms with E-state index in [0.29, 0.717) is 6.04 Å². The van der Waals surface area contributed by atoms with Crippen molar-refractivity contribution in [1.29, 1.82) is 0 Å². The fourth-order valence-corrected chi connectivity index (χ4v) is 3.81. The average Bonchev–Trinajstić information content (AvgIpc) is 2.84. The third-order valence-corrected chi connectivity index (χ3v) is 5.22. The standard InChI is InChI=1S/C16H20N2S/c1-11-6-7-16(19-11)12(2)18-9-8-14-13(10-18)4-3-5-15(14)17/h3-7,12H,8-10,17H2,1-2H3. The van der Waals surface area contributed by atoms with E-state index >= 15 is 0 Å². The van der Waals surface area contributed by atoms with E-state index in [9.17, 15) is 0 Å². The second-order valence-electron chi connectivity index (χ2n) is 5.33. The van der Waals surface area contributed by atoms with E-state index in [0.717, 1.165) is 25.2 Å². The number of nitrogens with two attached hydrogens (primary N) is 1. The highest BCUT2D eigenvalue weighted by Gasteiger charge is 2.23. The number of nitrogen functional groups attached to an aromatic ring is 1. The van der Waals surface area contributed by atoms with Crippen LogP contribution in [0, 0.1) is 6.92 Å². The zero-order valence-corrected chi connectivity index (χ0v) is 12.3. The number of nitrogens with zero attached hydrogens (tertiary/aromatic N) is 1. The Kier molecular flexibility index (Phi) is 3.33. The van der Waals surface area contributed by atoms with Crippen LogP contribution >= 0.6 is 11.3 Å². The van der Waals surface area contributed by atoms with E-state index in [2.05, 4.69) is 43.0 Å². The number of hydrogen-bond donors (Lipinski definition) is 1. The van der Waals surface area contributed by atoms with Gasteiger partial charge in [0.1, 0.15) is 0 Å². The lowest BCUT2D eigenvalue weighted by Crippen LogP contribution is -2.32. The molecular weight excluding hydrogens is 252 g/mol. The number of aryl methyl sites for hydroxylation is 1. The lowest BCUT2D eigenvalue weighted by atomic mass is 9.97. The molecule has 0 radical (unpaired) electrons. The van der Waals surface area contributed by atoms with Crippen LogP contribution in [0.3, 0.4) is 0 Å². The molecule has 2 nitrogen and oxygen atoms in total. The topological polar surface area (TPSA) is 29.3 Å². The van der Waals surface area contributed by atoms with Crippen LogP contribution in [0.5, 0.6) is 0 Å². The van der Waals surface area contributed by atoms with Gasteiger partial charge in [-0.05, 0) is 49.6 Å². The van der Waals surface area contributed by atoms with Crippen molar-refractivity contribution in [2.75, 3.05) is 12.3 Å². The fourth-order valence-electron chi connectivity index (χ4n) is 2.85. The zero-order chi connectivity index (χ0) is 13.4. The number of hydrogen-bond acceptors (Lipinski definition) is 3. The second kappa shape index (κ2) is 4.99. The SMILES string of the molecule is Cc1ccc(C(C)N2CCc3c(N)cccc3C2)s1. The Balaban J connectivity index is 1.82. The number of anilines is 1. The monoisotopic (exact) mass is 272 g/mol. The first-order valence-corrected chi connectivity index (χ1v) is 7.63. The molecule has 0 spiro atoms. The first-order chi connectivity index (χ1) is 9.15. The minimum atomic E-state index is 0.494. The van der Waals surface area contributed by atoms with Crippen LogP contribution in [0.15, 0.2) is 30.3 Å². The Morgan fingerprint density at radius 3 is 2.84 bits per heavy atom. The van der Waals surface area contributed by atoms with Gasteiger partial charge < -0.3 is 5.73 Å². The third kappa shape index (κ3) is 2.40. The highest BCUT2D eigenvalue weighted by Crippen LogP contribution is 2.32. The van der Waals surface area contributed by atoms with E-state index in [-0.39, 0.29) is 0 Å². The average molecular weight is 272 g/mol. The van der Waals surface area contributed by atoms with Gasteiger partial charge in [0.05, 0.1) is 0 Å². The Hall–Kier alpha value is -1.32. The van der Waals surface area contributed by atoms with Crippen molar-refractivity contribution in [1.82, 2.24) is 4.90 Å². The van der Waals surface area contributed by atoms with Crippen LogP contribution in [-0.2, 0) is 13.0 Å². The van der Waals surface area contributed by atoms with Crippen LogP contribution in [0.1, 0.15) is 33.8 Å². The van der Waals surface area contributed by atoms with Gasteiger partial charge in [0.2, 0.25) is 0 Å². The largest absolute Gasteiger partial charge is 0.398 e. The van der Waals surface area contributed by atoms with Crippen molar-refractivity contribution in [3.05, 3.63) is 51.2 Å². The summed E-state index contributed by atoms with van der Waals surface area (Å²) in [6.45, 7) is 6.59. The van der Waals surface area contributed by atoms with Gasteiger partial charge in [0.15, 0.2) is 0 Å². The van der Waals surface area contributed by atoms with E-state index in [1.165, 1.54) is 20.9 Å². The van der Waals surface area contributed by atoms with E-state index in [4.69, 9.17) is 5.73 Å². The molecule has 0 fully saturated rings. The molecule has 0 amide bonds. The molecule has 1 unspecified atom stereocenters. The van der Waals surface area contributed by atoms with Crippen molar-refractivity contribution < 1.29 is 0 Å². The number of benzene rings is 1. The minimum Gasteiger partial charge on any atom is -0.398 e. The predicted octanol–water partition coefficient (Wildman–Crippen LogP) is 3.76. The van der Waals surface area contributed by atoms with Gasteiger partial charge in [0.25, 0.3) is 0 Å². The Morgan fingerprint density at radius 1 is 1.26 bits per heavy atom. The molecule has 0 aliphatic carbocycles. The Morgan fingerprint density at radius 2 is 2.11 bits per heavy atom. The molecule has 3 rings (SSSR count). The first-order valence-electron chi connectivity index (χ1n) is 6.82. The van der Waals surface area contributed by atoms with Gasteiger partial charge in [-0.2, -0.15) is 0 Å². The first kappa shape index (κ1) is 12.7. The van der Waals surface area contributed by atoms with Crippen LogP contribution < -0.4 is 5.73 Å². The molecule has 2 N–H and O–H groups in total. The summed E-state index contributed by atoms with van der Waals surface area (Å²) in [5, 5.41) is 0. The smallest absolute Gasteiger partial charge is 0.0417 e. The van der Waals surface area contributed by atoms with Crippen molar-refractivity contribution >= 4 is 17.0 Å². The highest BCUT2D eigenvalue weighted by molar-refractivity contribution is 7.12. The van der Waals surface area contributed by atoms with E-state index in [1.54, 1.807) is 0 Å². The van der Waals surface area contributed by atoms with Gasteiger partial charge in [-0.25, -0.2) is 0 Å². The minimum absolute atomic E-state index is 0.494. The van der Waals surface area contributed by atoms with E-state index < -0.39 is 0 Å². The second-order valence-corrected chi connectivity index (χ2v) is 6.65. The summed E-state index contributed by atoms with van der Waals surface area (Å²) in [6.07, 6.45) is 1.07. The molecule has 0 saturated heterocycles. The molecule has 0 saturated carbocycles. The summed E-state index contributed by atoms with van der Waals surface area (Å²) in [5.74, 6) is 0. The molecule has 0 bridgehead atoms. The molecule has 1 aliphatic heterocycles. The van der Waals surface area contributed by atoms with Crippen molar-refractivity contribution in [2.45, 2.75) is 32.9 Å². The van der Waals surface area contributed by atoms with Crippen LogP contribution in [-0.4, -0.2) is 11.4 Å². The molecular formula is C16H20N2S. The number of fused-ring (bicyclic) bond motifs is 1. The van der Waals surface area contributed by atoms with Gasteiger partial charge in [0, 0.05) is 34.6 Å². The maximum atomic E-state index is 6.06. The molecule has 3 heteroatoms. The van der Waals surface area contributed by atoms with Crippen LogP contribution in [0.2, 0.25) is 0 Å². The molecule has 1 aromatic heterocycles. The van der Waals surface area contributed by atoms with Gasteiger partial charge in [-0.15, -0.1) is 11.3 Å². The van der Waals surface area contributed by atoms with Crippen molar-refractivity contribution in [2.24, 2.45) is 0 Å². The Labute approximate surface area is 118 Å². The Bertz CT molecular complexity index is 588. The summed E-state index contributed by atoms with van der Waals surface area (Å²) in [6, 6.07) is 11.3. The van der Waals surface area contributed by atoms with E-state index in [1.807, 2.05) is 17.4 Å². The number of rotatable bonds is 2. The molecule has 1 aromatic carbocycles. The lowest BCUT2D eigenvalue weighted by molar-refractivity contribution is 0.195. The normalized spacial score (nSPS) is 17.2. The third-order valence-electron chi connectivity index (χ3n) is 4.05. The molecule has 100 valence electrons. The van der Waals surface area contributed by atoms with Crippen LogP contribution in [0.25, 0.3) is 0 Å². The predicted molar refractivity (Wildman–Crippen MR) is 82.4 cm³/mol. The lowest BCUT2D eigenvalue weighted by Gasteiger charge is -2.33. The molecule has 2 heterocycles. The quantitative estimate of drug-likeness (QED) is 0.843. The summed E-state index contributed by atoms with van der Waals surface area (Å²) >= 11 is 1.91. The molecule has 2 aromatic rings. The summed E-state index contributed by atoms with van der Waals surface area (Å²) in [5.41, 5.74) is 9.77. The van der Waals surface area contributed by atoms with Gasteiger partial charge >= 0.3 is 0 Å². The van der Waals surface area contributed by atoms with Crippen molar-refractivity contribution in [3.8, 4) is 0 Å².